The molecule has 194 valence electrons. The summed E-state index contributed by atoms with van der Waals surface area (Å²) in [6.07, 6.45) is -19.4. The number of hydrogen-bond donors (Lipinski definition) is 11. The van der Waals surface area contributed by atoms with Crippen LogP contribution in [0.3, 0.4) is 0 Å². The Morgan fingerprint density at radius 2 is 1.12 bits per heavy atom. The molecule has 14 atom stereocenters. The van der Waals surface area contributed by atoms with Crippen molar-refractivity contribution in [2.75, 3.05) is 26.4 Å². The first kappa shape index (κ1) is 27.0. The number of piperidine rings is 1. The van der Waals surface area contributed by atoms with Gasteiger partial charge in [0, 0.05) is 6.54 Å². The lowest BCUT2D eigenvalue weighted by Gasteiger charge is -2.43. The van der Waals surface area contributed by atoms with Crippen molar-refractivity contribution >= 4 is 0 Å². The Morgan fingerprint density at radius 3 is 1.70 bits per heavy atom. The van der Waals surface area contributed by atoms with Gasteiger partial charge in [0.1, 0.15) is 54.9 Å². The van der Waals surface area contributed by atoms with E-state index < -0.39 is 99.0 Å². The molecule has 0 aromatic heterocycles. The molecule has 33 heavy (non-hydrogen) atoms. The molecule has 0 bridgehead atoms. The highest BCUT2D eigenvalue weighted by atomic mass is 16.7. The monoisotopic (exact) mass is 487 g/mol. The van der Waals surface area contributed by atoms with Crippen LogP contribution >= 0.6 is 0 Å². The van der Waals surface area contributed by atoms with Crippen LogP contribution in [0.15, 0.2) is 0 Å². The van der Waals surface area contributed by atoms with Gasteiger partial charge >= 0.3 is 0 Å². The summed E-state index contributed by atoms with van der Waals surface area (Å²) in [6, 6.07) is -0.827. The molecule has 0 radical (unpaired) electrons. The van der Waals surface area contributed by atoms with E-state index in [1.807, 2.05) is 0 Å². The van der Waals surface area contributed by atoms with Crippen LogP contribution in [0.1, 0.15) is 0 Å². The van der Waals surface area contributed by atoms with Crippen LogP contribution in [0.4, 0.5) is 0 Å². The van der Waals surface area contributed by atoms with Crippen molar-refractivity contribution in [1.82, 2.24) is 5.32 Å². The maximum Gasteiger partial charge on any atom is 0.186 e. The zero-order valence-electron chi connectivity index (χ0n) is 17.5. The van der Waals surface area contributed by atoms with Crippen molar-refractivity contribution in [2.24, 2.45) is 0 Å². The fraction of sp³-hybridized carbons (Fsp3) is 1.00. The van der Waals surface area contributed by atoms with Crippen molar-refractivity contribution in [3.05, 3.63) is 0 Å². The summed E-state index contributed by atoms with van der Waals surface area (Å²) in [5.41, 5.74) is 0. The Labute approximate surface area is 188 Å². The summed E-state index contributed by atoms with van der Waals surface area (Å²) in [7, 11) is 0. The molecule has 0 aromatic rings. The zero-order valence-corrected chi connectivity index (χ0v) is 17.5. The molecule has 3 rings (SSSR count). The van der Waals surface area contributed by atoms with E-state index in [9.17, 15) is 51.1 Å². The summed E-state index contributed by atoms with van der Waals surface area (Å²) in [6.45, 7) is -1.49. The largest absolute Gasteiger partial charge is 0.394 e. The first-order valence-electron chi connectivity index (χ1n) is 10.6. The van der Waals surface area contributed by atoms with Gasteiger partial charge < -0.3 is 75.3 Å². The van der Waals surface area contributed by atoms with E-state index >= 15 is 0 Å². The second-order valence-electron chi connectivity index (χ2n) is 8.44. The maximum absolute atomic E-state index is 10.2. The van der Waals surface area contributed by atoms with Gasteiger partial charge in [-0.15, -0.1) is 0 Å². The Morgan fingerprint density at radius 1 is 0.606 bits per heavy atom. The van der Waals surface area contributed by atoms with Crippen molar-refractivity contribution in [3.8, 4) is 0 Å². The van der Waals surface area contributed by atoms with Crippen molar-refractivity contribution in [1.29, 1.82) is 0 Å². The molecular formula is C18H33NO14. The third-order valence-corrected chi connectivity index (χ3v) is 6.13. The second kappa shape index (κ2) is 11.4. The summed E-state index contributed by atoms with van der Waals surface area (Å²) in [5, 5.41) is 102. The summed E-state index contributed by atoms with van der Waals surface area (Å²) < 4.78 is 21.4. The fourth-order valence-corrected chi connectivity index (χ4v) is 3.92. The fourth-order valence-electron chi connectivity index (χ4n) is 3.92. The van der Waals surface area contributed by atoms with E-state index in [2.05, 4.69) is 5.32 Å². The van der Waals surface area contributed by atoms with Gasteiger partial charge in [0.2, 0.25) is 0 Å². The second-order valence-corrected chi connectivity index (χ2v) is 8.44. The lowest BCUT2D eigenvalue weighted by molar-refractivity contribution is -0.332. The third kappa shape index (κ3) is 5.80. The molecule has 3 aliphatic heterocycles. The highest BCUT2D eigenvalue weighted by Gasteiger charge is 2.48. The van der Waals surface area contributed by atoms with E-state index in [-0.39, 0.29) is 13.2 Å². The molecule has 3 saturated heterocycles. The van der Waals surface area contributed by atoms with Gasteiger partial charge in [-0.2, -0.15) is 0 Å². The van der Waals surface area contributed by atoms with Gasteiger partial charge in [-0.05, 0) is 0 Å². The Balaban J connectivity index is 1.56. The van der Waals surface area contributed by atoms with Gasteiger partial charge in [-0.3, -0.25) is 0 Å². The van der Waals surface area contributed by atoms with Crippen LogP contribution in [0.5, 0.6) is 0 Å². The van der Waals surface area contributed by atoms with Crippen LogP contribution in [-0.2, 0) is 18.9 Å². The number of hydrogen-bond acceptors (Lipinski definition) is 15. The number of aliphatic hydroxyl groups excluding tert-OH is 10. The highest BCUT2D eigenvalue weighted by molar-refractivity contribution is 4.94. The maximum atomic E-state index is 10.2. The van der Waals surface area contributed by atoms with Crippen molar-refractivity contribution in [3.63, 3.8) is 0 Å². The molecule has 11 N–H and O–H groups in total. The number of ether oxygens (including phenoxy) is 4. The molecular weight excluding hydrogens is 454 g/mol. The predicted octanol–water partition coefficient (Wildman–Crippen LogP) is -7.32. The minimum Gasteiger partial charge on any atom is -0.394 e. The van der Waals surface area contributed by atoms with Crippen molar-refractivity contribution in [2.45, 2.75) is 85.8 Å². The normalized spacial score (nSPS) is 51.5. The molecule has 0 saturated carbocycles. The van der Waals surface area contributed by atoms with Crippen LogP contribution < -0.4 is 5.32 Å². The lowest BCUT2D eigenvalue weighted by atomic mass is 9.96. The summed E-state index contributed by atoms with van der Waals surface area (Å²) >= 11 is 0. The average molecular weight is 487 g/mol. The van der Waals surface area contributed by atoms with Gasteiger partial charge in [-0.25, -0.2) is 0 Å². The quantitative estimate of drug-likeness (QED) is 0.159. The minimum atomic E-state index is -1.72. The molecule has 0 amide bonds. The average Bonchev–Trinajstić information content (AvgIpc) is 2.80. The van der Waals surface area contributed by atoms with E-state index in [1.54, 1.807) is 0 Å². The minimum absolute atomic E-state index is 0.0166. The molecule has 3 aliphatic rings. The van der Waals surface area contributed by atoms with Crippen molar-refractivity contribution < 1.29 is 70.0 Å². The standard InChI is InChI=1S/C18H33NO14/c20-2-7-11(24)13(26)15(28)18(32-7)31-4-8-12(25)14(27)16(29)17(33-8)30-3-5-9(22)10(23)6(21)1-19-5/h5-29H,1-4H2/t5-,6+,7-,8-,9-,10-,11-,12-,13+,14+,15-,16-,17-,18-/m1/s1. The number of β-amino-alcohol motifs (C(OH)–C–C–N with tert-alkyl or cyclic N) is 1. The Kier molecular flexibility index (Phi) is 9.35. The molecule has 3 heterocycles. The van der Waals surface area contributed by atoms with Crippen LogP contribution in [-0.4, -0.2) is 163 Å². The number of nitrogens with one attached hydrogen (secondary N) is 1. The highest BCUT2D eigenvalue weighted by Crippen LogP contribution is 2.26. The SMILES string of the molecule is OC[C@H]1O[C@@H](OC[C@H]2O[C@@H](OC[C@H]3NC[C@H](O)[C@@H](O)[C@@H]3O)[C@H](O)[C@@H](O)[C@@H]2O)[C@H](O)[C@@H](O)[C@@H]1O. The lowest BCUT2D eigenvalue weighted by Crippen LogP contribution is -2.63. The third-order valence-electron chi connectivity index (χ3n) is 6.13. The molecule has 15 heteroatoms. The molecule has 0 aliphatic carbocycles. The predicted molar refractivity (Wildman–Crippen MR) is 102 cm³/mol. The van der Waals surface area contributed by atoms with Crippen LogP contribution in [0, 0.1) is 0 Å². The van der Waals surface area contributed by atoms with Gasteiger partial charge in [0.05, 0.1) is 38.1 Å². The summed E-state index contributed by atoms with van der Waals surface area (Å²) in [4.78, 5) is 0. The molecule has 3 fully saturated rings. The first-order valence-corrected chi connectivity index (χ1v) is 10.6. The van der Waals surface area contributed by atoms with E-state index in [0.29, 0.717) is 0 Å². The van der Waals surface area contributed by atoms with E-state index in [1.165, 1.54) is 0 Å². The van der Waals surface area contributed by atoms with Crippen LogP contribution in [0.2, 0.25) is 0 Å². The van der Waals surface area contributed by atoms with Gasteiger partial charge in [-0.1, -0.05) is 0 Å². The van der Waals surface area contributed by atoms with Gasteiger partial charge in [0.15, 0.2) is 12.6 Å². The topological polar surface area (TPSA) is 251 Å². The molecule has 0 aromatic carbocycles. The smallest absolute Gasteiger partial charge is 0.186 e. The molecule has 0 spiro atoms. The first-order chi connectivity index (χ1) is 15.6. The Bertz CT molecular complexity index is 615. The Hall–Kier alpha value is -0.600. The van der Waals surface area contributed by atoms with E-state index in [4.69, 9.17) is 18.9 Å². The van der Waals surface area contributed by atoms with Gasteiger partial charge in [0.25, 0.3) is 0 Å². The number of rotatable bonds is 7. The zero-order chi connectivity index (χ0) is 24.4. The molecule has 15 nitrogen and oxygen atoms in total. The van der Waals surface area contributed by atoms with Crippen LogP contribution in [0.25, 0.3) is 0 Å². The van der Waals surface area contributed by atoms with E-state index in [0.717, 1.165) is 0 Å². The molecule has 0 unspecified atom stereocenters. The number of aliphatic hydroxyl groups is 10. The summed E-state index contributed by atoms with van der Waals surface area (Å²) in [5.74, 6) is 0.